The lowest BCUT2D eigenvalue weighted by Gasteiger charge is -2.16. The van der Waals surface area contributed by atoms with E-state index in [0.717, 1.165) is 12.8 Å². The molecule has 0 aliphatic carbocycles. The van der Waals surface area contributed by atoms with Crippen LogP contribution < -0.4 is 16.4 Å². The van der Waals surface area contributed by atoms with E-state index >= 15 is 0 Å². The monoisotopic (exact) mass is 215 g/mol. The van der Waals surface area contributed by atoms with Crippen molar-refractivity contribution in [1.82, 2.24) is 10.6 Å². The van der Waals surface area contributed by atoms with Crippen molar-refractivity contribution in [1.29, 1.82) is 0 Å². The largest absolute Gasteiger partial charge is 0.382 e. The number of aliphatic hydroxyl groups is 1. The van der Waals surface area contributed by atoms with E-state index in [0.29, 0.717) is 13.0 Å². The molecule has 6 heteroatoms. The van der Waals surface area contributed by atoms with Crippen molar-refractivity contribution in [2.75, 3.05) is 13.1 Å². The van der Waals surface area contributed by atoms with Crippen molar-refractivity contribution in [2.45, 2.75) is 31.4 Å². The Balaban J connectivity index is 2.47. The van der Waals surface area contributed by atoms with Crippen LogP contribution in [0.1, 0.15) is 19.3 Å². The van der Waals surface area contributed by atoms with E-state index in [1.54, 1.807) is 0 Å². The fourth-order valence-corrected chi connectivity index (χ4v) is 1.45. The Morgan fingerprint density at radius 2 is 2.40 bits per heavy atom. The Labute approximate surface area is 88.2 Å². The van der Waals surface area contributed by atoms with Gasteiger partial charge in [-0.2, -0.15) is 0 Å². The van der Waals surface area contributed by atoms with Crippen LogP contribution in [0.15, 0.2) is 0 Å². The van der Waals surface area contributed by atoms with Crippen molar-refractivity contribution in [3.05, 3.63) is 0 Å². The minimum absolute atomic E-state index is 0.139. The second kappa shape index (κ2) is 5.67. The maximum Gasteiger partial charge on any atom is 0.250 e. The Morgan fingerprint density at radius 1 is 1.67 bits per heavy atom. The molecular weight excluding hydrogens is 198 g/mol. The Kier molecular flexibility index (Phi) is 4.51. The first-order valence-corrected chi connectivity index (χ1v) is 5.11. The molecule has 0 radical (unpaired) electrons. The summed E-state index contributed by atoms with van der Waals surface area (Å²) in [4.78, 5) is 22.7. The second-order valence-electron chi connectivity index (χ2n) is 3.60. The lowest BCUT2D eigenvalue weighted by molar-refractivity contribution is -0.133. The minimum atomic E-state index is -1.24. The van der Waals surface area contributed by atoms with Gasteiger partial charge in [-0.15, -0.1) is 0 Å². The molecule has 1 heterocycles. The smallest absolute Gasteiger partial charge is 0.250 e. The van der Waals surface area contributed by atoms with E-state index in [9.17, 15) is 9.59 Å². The molecule has 1 fully saturated rings. The zero-order valence-electron chi connectivity index (χ0n) is 8.53. The molecule has 1 aliphatic rings. The second-order valence-corrected chi connectivity index (χ2v) is 3.60. The standard InChI is InChI=1S/C9H17N3O3/c10-5-7(13)9(15)12-6-3-1-2-4-11-8(6)14/h6-7,13H,1-5,10H2,(H,11,14)(H,12,15)/t6-,7-/m0/s1. The summed E-state index contributed by atoms with van der Waals surface area (Å²) in [5, 5.41) is 14.3. The zero-order chi connectivity index (χ0) is 11.3. The first-order valence-electron chi connectivity index (χ1n) is 5.11. The lowest BCUT2D eigenvalue weighted by atomic mass is 10.1. The molecule has 86 valence electrons. The predicted octanol–water partition coefficient (Wildman–Crippen LogP) is -1.91. The average molecular weight is 215 g/mol. The van der Waals surface area contributed by atoms with Gasteiger partial charge < -0.3 is 21.5 Å². The van der Waals surface area contributed by atoms with Crippen LogP contribution >= 0.6 is 0 Å². The highest BCUT2D eigenvalue weighted by Crippen LogP contribution is 2.05. The summed E-state index contributed by atoms with van der Waals surface area (Å²) in [7, 11) is 0. The summed E-state index contributed by atoms with van der Waals surface area (Å²) in [6.07, 6.45) is 1.16. The molecule has 0 aromatic carbocycles. The fourth-order valence-electron chi connectivity index (χ4n) is 1.45. The average Bonchev–Trinajstić information content (AvgIpc) is 2.43. The summed E-state index contributed by atoms with van der Waals surface area (Å²) in [6, 6.07) is -0.541. The van der Waals surface area contributed by atoms with Gasteiger partial charge >= 0.3 is 0 Å². The van der Waals surface area contributed by atoms with E-state index in [4.69, 9.17) is 10.8 Å². The van der Waals surface area contributed by atoms with Crippen LogP contribution in [0.5, 0.6) is 0 Å². The van der Waals surface area contributed by atoms with E-state index in [-0.39, 0.29) is 12.5 Å². The summed E-state index contributed by atoms with van der Waals surface area (Å²) in [5.74, 6) is -0.773. The molecule has 15 heavy (non-hydrogen) atoms. The van der Waals surface area contributed by atoms with Gasteiger partial charge in [0, 0.05) is 13.1 Å². The molecule has 2 amide bonds. The molecule has 1 saturated heterocycles. The third-order valence-electron chi connectivity index (χ3n) is 2.38. The van der Waals surface area contributed by atoms with Crippen LogP contribution in [0, 0.1) is 0 Å². The fraction of sp³-hybridized carbons (Fsp3) is 0.778. The molecular formula is C9H17N3O3. The quantitative estimate of drug-likeness (QED) is 0.441. The van der Waals surface area contributed by atoms with Crippen molar-refractivity contribution in [3.8, 4) is 0 Å². The van der Waals surface area contributed by atoms with Gasteiger partial charge in [0.05, 0.1) is 0 Å². The molecule has 2 atom stereocenters. The Morgan fingerprint density at radius 3 is 3.07 bits per heavy atom. The van der Waals surface area contributed by atoms with E-state index < -0.39 is 18.1 Å². The third kappa shape index (κ3) is 3.49. The maximum absolute atomic E-state index is 11.4. The van der Waals surface area contributed by atoms with Crippen LogP contribution in [0.25, 0.3) is 0 Å². The molecule has 0 saturated carbocycles. The van der Waals surface area contributed by atoms with E-state index in [1.807, 2.05) is 0 Å². The maximum atomic E-state index is 11.4. The summed E-state index contributed by atoms with van der Waals surface area (Å²) in [5.41, 5.74) is 5.13. The molecule has 1 aliphatic heterocycles. The lowest BCUT2D eigenvalue weighted by Crippen LogP contribution is -2.50. The van der Waals surface area contributed by atoms with Gasteiger partial charge in [0.15, 0.2) is 0 Å². The van der Waals surface area contributed by atoms with Gasteiger partial charge in [-0.05, 0) is 19.3 Å². The third-order valence-corrected chi connectivity index (χ3v) is 2.38. The van der Waals surface area contributed by atoms with Crippen molar-refractivity contribution in [2.24, 2.45) is 5.73 Å². The number of rotatable bonds is 3. The van der Waals surface area contributed by atoms with Crippen molar-refractivity contribution >= 4 is 11.8 Å². The number of carbonyl (C=O) groups is 2. The molecule has 1 rings (SSSR count). The van der Waals surface area contributed by atoms with Crippen LogP contribution in [0.3, 0.4) is 0 Å². The number of amides is 2. The summed E-state index contributed by atoms with van der Waals surface area (Å²) >= 11 is 0. The number of nitrogens with two attached hydrogens (primary N) is 1. The molecule has 5 N–H and O–H groups in total. The van der Waals surface area contributed by atoms with Crippen LogP contribution in [-0.4, -0.2) is 42.2 Å². The normalized spacial score (nSPS) is 23.9. The van der Waals surface area contributed by atoms with Gasteiger partial charge in [0.1, 0.15) is 12.1 Å². The minimum Gasteiger partial charge on any atom is -0.382 e. The van der Waals surface area contributed by atoms with Crippen LogP contribution in [0.4, 0.5) is 0 Å². The molecule has 6 nitrogen and oxygen atoms in total. The van der Waals surface area contributed by atoms with Gasteiger partial charge in [-0.1, -0.05) is 0 Å². The Bertz CT molecular complexity index is 245. The topological polar surface area (TPSA) is 104 Å². The highest BCUT2D eigenvalue weighted by Gasteiger charge is 2.24. The SMILES string of the molecule is NC[C@H](O)C(=O)N[C@H]1CCCCNC1=O. The van der Waals surface area contributed by atoms with E-state index in [2.05, 4.69) is 10.6 Å². The van der Waals surface area contributed by atoms with Gasteiger partial charge in [-0.25, -0.2) is 0 Å². The van der Waals surface area contributed by atoms with Crippen molar-refractivity contribution in [3.63, 3.8) is 0 Å². The first-order chi connectivity index (χ1) is 7.15. The number of hydrogen-bond acceptors (Lipinski definition) is 4. The molecule has 0 aromatic rings. The van der Waals surface area contributed by atoms with Gasteiger partial charge in [0.2, 0.25) is 5.91 Å². The summed E-state index contributed by atoms with van der Waals surface area (Å²) < 4.78 is 0. The molecule has 0 unspecified atom stereocenters. The van der Waals surface area contributed by atoms with Gasteiger partial charge in [0.25, 0.3) is 5.91 Å². The van der Waals surface area contributed by atoms with Gasteiger partial charge in [-0.3, -0.25) is 9.59 Å². The summed E-state index contributed by atoms with van der Waals surface area (Å²) in [6.45, 7) is 0.505. The number of nitrogens with one attached hydrogen (secondary N) is 2. The molecule has 0 aromatic heterocycles. The highest BCUT2D eigenvalue weighted by atomic mass is 16.3. The Hall–Kier alpha value is -1.14. The first kappa shape index (κ1) is 11.9. The molecule has 0 spiro atoms. The molecule has 0 bridgehead atoms. The van der Waals surface area contributed by atoms with Crippen LogP contribution in [-0.2, 0) is 9.59 Å². The number of aliphatic hydroxyl groups excluding tert-OH is 1. The number of hydrogen-bond donors (Lipinski definition) is 4. The zero-order valence-corrected chi connectivity index (χ0v) is 8.53. The van der Waals surface area contributed by atoms with Crippen LogP contribution in [0.2, 0.25) is 0 Å². The van der Waals surface area contributed by atoms with Crippen molar-refractivity contribution < 1.29 is 14.7 Å². The van der Waals surface area contributed by atoms with E-state index in [1.165, 1.54) is 0 Å². The number of carbonyl (C=O) groups excluding carboxylic acids is 2. The highest BCUT2D eigenvalue weighted by molar-refractivity contribution is 5.89. The predicted molar refractivity (Wildman–Crippen MR) is 53.9 cm³/mol.